The molecule has 7 heteroatoms. The van der Waals surface area contributed by atoms with E-state index < -0.39 is 17.9 Å². The summed E-state index contributed by atoms with van der Waals surface area (Å²) in [6.45, 7) is 6.07. The Bertz CT molecular complexity index is 862. The van der Waals surface area contributed by atoms with Crippen molar-refractivity contribution in [3.63, 3.8) is 0 Å². The average molecular weight is 398 g/mol. The highest BCUT2D eigenvalue weighted by atomic mass is 16.5. The molecule has 0 aliphatic carbocycles. The van der Waals surface area contributed by atoms with Crippen LogP contribution in [0.1, 0.15) is 41.5 Å². The van der Waals surface area contributed by atoms with Gasteiger partial charge in [0.25, 0.3) is 5.91 Å². The van der Waals surface area contributed by atoms with Gasteiger partial charge in [0.15, 0.2) is 0 Å². The number of esters is 1. The second-order valence-electron chi connectivity index (χ2n) is 6.68. The Hall–Kier alpha value is -3.35. The van der Waals surface area contributed by atoms with Crippen LogP contribution in [0.5, 0.6) is 5.75 Å². The zero-order valence-corrected chi connectivity index (χ0v) is 17.0. The largest absolute Gasteiger partial charge is 0.494 e. The second kappa shape index (κ2) is 10.3. The van der Waals surface area contributed by atoms with Crippen LogP contribution in [0.25, 0.3) is 0 Å². The Morgan fingerprint density at radius 2 is 1.66 bits per heavy atom. The van der Waals surface area contributed by atoms with Crippen molar-refractivity contribution in [1.29, 1.82) is 0 Å². The molecule has 0 aromatic heterocycles. The third kappa shape index (κ3) is 5.81. The number of amides is 2. The minimum atomic E-state index is -0.792. The van der Waals surface area contributed by atoms with Crippen LogP contribution in [0.3, 0.4) is 0 Å². The van der Waals surface area contributed by atoms with Crippen molar-refractivity contribution in [2.45, 2.75) is 26.8 Å². The van der Waals surface area contributed by atoms with Gasteiger partial charge in [0.1, 0.15) is 11.8 Å². The van der Waals surface area contributed by atoms with Gasteiger partial charge in [-0.25, -0.2) is 4.79 Å². The Balaban J connectivity index is 2.14. The van der Waals surface area contributed by atoms with Crippen LogP contribution in [0.2, 0.25) is 0 Å². The maximum atomic E-state index is 12.8. The number of ether oxygens (including phenoxy) is 2. The number of hydrogen-bond acceptors (Lipinski definition) is 5. The summed E-state index contributed by atoms with van der Waals surface area (Å²) in [6.07, 6.45) is 0. The van der Waals surface area contributed by atoms with E-state index in [0.29, 0.717) is 23.6 Å². The standard InChI is InChI=1S/C22H26N2O5/c1-5-29-16-12-10-15(11-13-16)20(25)24-19(14(2)3)21(26)23-18-9-7-6-8-17(18)22(27)28-4/h6-14,19H,5H2,1-4H3,(H,23,26)(H,24,25)/t19-/m0/s1. The van der Waals surface area contributed by atoms with Crippen LogP contribution in [0.15, 0.2) is 48.5 Å². The summed E-state index contributed by atoms with van der Waals surface area (Å²) in [6, 6.07) is 12.4. The number of methoxy groups -OCH3 is 1. The number of nitrogens with one attached hydrogen (secondary N) is 2. The first-order valence-corrected chi connectivity index (χ1v) is 9.39. The number of carbonyl (C=O) groups is 3. The third-order valence-corrected chi connectivity index (χ3v) is 4.25. The summed E-state index contributed by atoms with van der Waals surface area (Å²) in [5, 5.41) is 5.47. The lowest BCUT2D eigenvalue weighted by Crippen LogP contribution is -2.47. The summed E-state index contributed by atoms with van der Waals surface area (Å²) in [5.41, 5.74) is 0.982. The predicted molar refractivity (Wildman–Crippen MR) is 110 cm³/mol. The molecule has 7 nitrogen and oxygen atoms in total. The van der Waals surface area contributed by atoms with Crippen LogP contribution in [0.4, 0.5) is 5.69 Å². The van der Waals surface area contributed by atoms with E-state index in [1.54, 1.807) is 48.5 Å². The Kier molecular flexibility index (Phi) is 7.77. The molecular weight excluding hydrogens is 372 g/mol. The topological polar surface area (TPSA) is 93.7 Å². The van der Waals surface area contributed by atoms with Crippen molar-refractivity contribution in [2.75, 3.05) is 19.0 Å². The van der Waals surface area contributed by atoms with Crippen molar-refractivity contribution in [1.82, 2.24) is 5.32 Å². The molecule has 0 aliphatic heterocycles. The fourth-order valence-electron chi connectivity index (χ4n) is 2.72. The highest BCUT2D eigenvalue weighted by Crippen LogP contribution is 2.18. The predicted octanol–water partition coefficient (Wildman–Crippen LogP) is 3.27. The molecule has 2 aromatic rings. The maximum Gasteiger partial charge on any atom is 0.339 e. The molecule has 1 atom stereocenters. The van der Waals surface area contributed by atoms with Crippen LogP contribution >= 0.6 is 0 Å². The third-order valence-electron chi connectivity index (χ3n) is 4.25. The molecule has 0 aliphatic rings. The second-order valence-corrected chi connectivity index (χ2v) is 6.68. The highest BCUT2D eigenvalue weighted by Gasteiger charge is 2.26. The van der Waals surface area contributed by atoms with E-state index in [1.807, 2.05) is 20.8 Å². The van der Waals surface area contributed by atoms with Gasteiger partial charge in [0.2, 0.25) is 5.91 Å². The molecule has 0 saturated heterocycles. The van der Waals surface area contributed by atoms with Gasteiger partial charge in [-0.3, -0.25) is 9.59 Å². The summed E-state index contributed by atoms with van der Waals surface area (Å²) < 4.78 is 10.1. The Labute approximate surface area is 170 Å². The molecule has 154 valence electrons. The minimum absolute atomic E-state index is 0.174. The van der Waals surface area contributed by atoms with E-state index in [1.165, 1.54) is 7.11 Å². The van der Waals surface area contributed by atoms with Crippen molar-refractivity contribution in [3.8, 4) is 5.75 Å². The van der Waals surface area contributed by atoms with E-state index in [0.717, 1.165) is 0 Å². The molecule has 0 saturated carbocycles. The molecule has 0 fully saturated rings. The van der Waals surface area contributed by atoms with Crippen LogP contribution in [0, 0.1) is 5.92 Å². The maximum absolute atomic E-state index is 12.8. The van der Waals surface area contributed by atoms with E-state index >= 15 is 0 Å². The van der Waals surface area contributed by atoms with E-state index in [4.69, 9.17) is 9.47 Å². The molecule has 2 N–H and O–H groups in total. The summed E-state index contributed by atoms with van der Waals surface area (Å²) >= 11 is 0. The molecule has 29 heavy (non-hydrogen) atoms. The summed E-state index contributed by atoms with van der Waals surface area (Å²) in [5.74, 6) is -0.854. The van der Waals surface area contributed by atoms with Gasteiger partial charge in [-0.15, -0.1) is 0 Å². The number of anilines is 1. The van der Waals surface area contributed by atoms with Crippen molar-refractivity contribution in [2.24, 2.45) is 5.92 Å². The molecule has 2 aromatic carbocycles. The lowest BCUT2D eigenvalue weighted by atomic mass is 10.0. The first-order valence-electron chi connectivity index (χ1n) is 9.39. The molecule has 0 radical (unpaired) electrons. The molecule has 0 heterocycles. The van der Waals surface area contributed by atoms with Gasteiger partial charge in [-0.1, -0.05) is 26.0 Å². The Morgan fingerprint density at radius 3 is 2.24 bits per heavy atom. The van der Waals surface area contributed by atoms with E-state index in [9.17, 15) is 14.4 Å². The Morgan fingerprint density at radius 1 is 1.00 bits per heavy atom. The van der Waals surface area contributed by atoms with Crippen molar-refractivity contribution in [3.05, 3.63) is 59.7 Å². The molecule has 0 unspecified atom stereocenters. The minimum Gasteiger partial charge on any atom is -0.494 e. The van der Waals surface area contributed by atoms with Crippen LogP contribution in [-0.4, -0.2) is 37.5 Å². The van der Waals surface area contributed by atoms with E-state index in [2.05, 4.69) is 10.6 Å². The quantitative estimate of drug-likeness (QED) is 0.666. The number of benzene rings is 2. The SMILES string of the molecule is CCOc1ccc(C(=O)N[C@H](C(=O)Nc2ccccc2C(=O)OC)C(C)C)cc1. The first-order chi connectivity index (χ1) is 13.9. The number of hydrogen-bond donors (Lipinski definition) is 2. The fourth-order valence-corrected chi connectivity index (χ4v) is 2.72. The fraction of sp³-hybridized carbons (Fsp3) is 0.318. The molecule has 2 amide bonds. The highest BCUT2D eigenvalue weighted by molar-refractivity contribution is 6.05. The van der Waals surface area contributed by atoms with Gasteiger partial charge in [-0.2, -0.15) is 0 Å². The van der Waals surface area contributed by atoms with Gasteiger partial charge < -0.3 is 20.1 Å². The summed E-state index contributed by atoms with van der Waals surface area (Å²) in [7, 11) is 1.27. The van der Waals surface area contributed by atoms with Crippen molar-refractivity contribution < 1.29 is 23.9 Å². The number of carbonyl (C=O) groups excluding carboxylic acids is 3. The van der Waals surface area contributed by atoms with E-state index in [-0.39, 0.29) is 17.4 Å². The van der Waals surface area contributed by atoms with Crippen molar-refractivity contribution >= 4 is 23.5 Å². The summed E-state index contributed by atoms with van der Waals surface area (Å²) in [4.78, 5) is 37.3. The number of rotatable bonds is 8. The molecule has 0 bridgehead atoms. The molecular formula is C22H26N2O5. The lowest BCUT2D eigenvalue weighted by molar-refractivity contribution is -0.118. The van der Waals surface area contributed by atoms with Crippen LogP contribution in [-0.2, 0) is 9.53 Å². The van der Waals surface area contributed by atoms with Gasteiger partial charge in [0, 0.05) is 5.56 Å². The zero-order chi connectivity index (χ0) is 21.4. The average Bonchev–Trinajstić information content (AvgIpc) is 2.72. The van der Waals surface area contributed by atoms with Gasteiger partial charge >= 0.3 is 5.97 Å². The van der Waals surface area contributed by atoms with Gasteiger partial charge in [0.05, 0.1) is 25.0 Å². The molecule has 0 spiro atoms. The normalized spacial score (nSPS) is 11.5. The van der Waals surface area contributed by atoms with Gasteiger partial charge in [-0.05, 0) is 49.2 Å². The van der Waals surface area contributed by atoms with Crippen LogP contribution < -0.4 is 15.4 Å². The monoisotopic (exact) mass is 398 g/mol. The number of para-hydroxylation sites is 1. The first kappa shape index (κ1) is 21.9. The lowest BCUT2D eigenvalue weighted by Gasteiger charge is -2.22. The molecule has 2 rings (SSSR count). The smallest absolute Gasteiger partial charge is 0.339 e. The zero-order valence-electron chi connectivity index (χ0n) is 17.0.